The van der Waals surface area contributed by atoms with Gasteiger partial charge in [-0.15, -0.1) is 0 Å². The second-order valence-corrected chi connectivity index (χ2v) is 6.33. The zero-order valence-corrected chi connectivity index (χ0v) is 14.3. The molecule has 0 saturated carbocycles. The molecule has 0 aliphatic carbocycles. The average molecular weight is 475 g/mol. The standard InChI is InChI=1S/C7H6N2S.C5H8NOP.Au/c10-7-8-5-3-1-2-4-6(5)9-7;1-8(2)5-6-3-4-7-5;/h1-4H,(H2,8,9,10);3-4H,1-2H3;/q;;+1/p-1. The molecule has 104 valence electrons. The van der Waals surface area contributed by atoms with E-state index >= 15 is 0 Å². The molecule has 0 saturated heterocycles. The molecule has 0 spiro atoms. The van der Waals surface area contributed by atoms with Crippen molar-refractivity contribution in [2.75, 3.05) is 13.3 Å². The second kappa shape index (κ2) is 7.78. The number of hydrogen-bond donors (Lipinski definition) is 1. The van der Waals surface area contributed by atoms with Crippen molar-refractivity contribution in [3.05, 3.63) is 36.7 Å². The van der Waals surface area contributed by atoms with E-state index in [1.807, 2.05) is 24.3 Å². The first-order valence-electron chi connectivity index (χ1n) is 5.35. The van der Waals surface area contributed by atoms with Gasteiger partial charge in [-0.25, -0.2) is 4.98 Å². The van der Waals surface area contributed by atoms with E-state index < -0.39 is 0 Å². The molecule has 0 fully saturated rings. The summed E-state index contributed by atoms with van der Waals surface area (Å²) in [6.45, 7) is 4.22. The van der Waals surface area contributed by atoms with E-state index in [0.29, 0.717) is 5.16 Å². The number of nitrogens with one attached hydrogen (secondary N) is 1. The molecule has 4 nitrogen and oxygen atoms in total. The van der Waals surface area contributed by atoms with Crippen molar-refractivity contribution in [2.24, 2.45) is 0 Å². The van der Waals surface area contributed by atoms with Gasteiger partial charge in [-0.2, -0.15) is 0 Å². The first-order chi connectivity index (χ1) is 8.66. The predicted molar refractivity (Wildman–Crippen MR) is 76.6 cm³/mol. The summed E-state index contributed by atoms with van der Waals surface area (Å²) in [6, 6.07) is 7.78. The smallest absolute Gasteiger partial charge is 0.742 e. The molecule has 19 heavy (non-hydrogen) atoms. The van der Waals surface area contributed by atoms with Crippen molar-refractivity contribution >= 4 is 37.2 Å². The van der Waals surface area contributed by atoms with Crippen LogP contribution in [0.4, 0.5) is 0 Å². The third kappa shape index (κ3) is 4.71. The van der Waals surface area contributed by atoms with Crippen LogP contribution in [0.5, 0.6) is 0 Å². The van der Waals surface area contributed by atoms with Gasteiger partial charge in [0.15, 0.2) is 0 Å². The van der Waals surface area contributed by atoms with Crippen LogP contribution in [0.25, 0.3) is 11.0 Å². The van der Waals surface area contributed by atoms with E-state index in [4.69, 9.17) is 17.0 Å². The maximum absolute atomic E-state index is 5.01. The summed E-state index contributed by atoms with van der Waals surface area (Å²) in [6.07, 6.45) is 3.29. The van der Waals surface area contributed by atoms with Crippen molar-refractivity contribution < 1.29 is 26.8 Å². The molecule has 3 aromatic rings. The Balaban J connectivity index is 0.000000185. The van der Waals surface area contributed by atoms with Gasteiger partial charge in [0, 0.05) is 0 Å². The van der Waals surface area contributed by atoms with E-state index in [9.17, 15) is 0 Å². The first kappa shape index (κ1) is 16.3. The Morgan fingerprint density at radius 3 is 2.53 bits per heavy atom. The monoisotopic (exact) mass is 475 g/mol. The number of aromatic nitrogens is 3. The fourth-order valence-electron chi connectivity index (χ4n) is 1.37. The molecule has 2 heterocycles. The van der Waals surface area contributed by atoms with Crippen molar-refractivity contribution in [3.8, 4) is 0 Å². The van der Waals surface area contributed by atoms with E-state index in [-0.39, 0.29) is 30.3 Å². The second-order valence-electron chi connectivity index (χ2n) is 3.77. The van der Waals surface area contributed by atoms with Crippen LogP contribution in [0.15, 0.2) is 46.3 Å². The minimum Gasteiger partial charge on any atom is -0.742 e. The molecule has 0 bridgehead atoms. The number of benzene rings is 1. The number of para-hydroxylation sites is 2. The van der Waals surface area contributed by atoms with Crippen LogP contribution in [0.3, 0.4) is 0 Å². The largest absolute Gasteiger partial charge is 1.00 e. The molecule has 0 unspecified atom stereocenters. The van der Waals surface area contributed by atoms with E-state index in [1.165, 1.54) is 0 Å². The summed E-state index contributed by atoms with van der Waals surface area (Å²) in [5.74, 6) is 0. The normalized spacial score (nSPS) is 9.84. The number of H-pyrrole nitrogens is 1. The minimum absolute atomic E-state index is 0. The zero-order chi connectivity index (χ0) is 13.0. The van der Waals surface area contributed by atoms with Crippen molar-refractivity contribution in [1.82, 2.24) is 15.0 Å². The molecule has 1 aromatic carbocycles. The first-order valence-corrected chi connectivity index (χ1v) is 8.00. The number of fused-ring (bicyclic) bond motifs is 1. The van der Waals surface area contributed by atoms with E-state index in [0.717, 1.165) is 16.7 Å². The molecule has 0 radical (unpaired) electrons. The van der Waals surface area contributed by atoms with Crippen molar-refractivity contribution in [3.63, 3.8) is 0 Å². The van der Waals surface area contributed by atoms with Crippen LogP contribution in [0.1, 0.15) is 0 Å². The minimum atomic E-state index is -0.136. The molecule has 0 amide bonds. The Morgan fingerprint density at radius 1 is 1.26 bits per heavy atom. The maximum atomic E-state index is 5.01. The molecular weight excluding hydrogens is 462 g/mol. The van der Waals surface area contributed by atoms with Crippen molar-refractivity contribution in [2.45, 2.75) is 5.16 Å². The molecule has 1 N–H and O–H groups in total. The molecule has 7 heteroatoms. The molecule has 0 aliphatic rings. The van der Waals surface area contributed by atoms with Crippen LogP contribution in [-0.2, 0) is 35.0 Å². The summed E-state index contributed by atoms with van der Waals surface area (Å²) in [5, 5.41) is 0.557. The van der Waals surface area contributed by atoms with Gasteiger partial charge in [-0.1, -0.05) is 12.1 Å². The van der Waals surface area contributed by atoms with Gasteiger partial charge in [0.2, 0.25) is 5.63 Å². The number of nitrogens with zero attached hydrogens (tertiary/aromatic N) is 2. The predicted octanol–water partition coefficient (Wildman–Crippen LogP) is 2.51. The maximum Gasteiger partial charge on any atom is 1.00 e. The fourth-order valence-corrected chi connectivity index (χ4v) is 2.14. The molecule has 3 rings (SSSR count). The van der Waals surface area contributed by atoms with Gasteiger partial charge in [-0.3, -0.25) is 4.98 Å². The van der Waals surface area contributed by atoms with Gasteiger partial charge in [-0.05, 0) is 38.5 Å². The molecule has 0 aliphatic heterocycles. The summed E-state index contributed by atoms with van der Waals surface area (Å²) >= 11 is 4.85. The Hall–Kier alpha value is -0.710. The fraction of sp³-hybridized carbons (Fsp3) is 0.167. The number of aromatic amines is 1. The molecule has 0 atom stereocenters. The quantitative estimate of drug-likeness (QED) is 0.334. The van der Waals surface area contributed by atoms with Crippen LogP contribution < -0.4 is 5.63 Å². The van der Waals surface area contributed by atoms with Crippen LogP contribution >= 0.6 is 7.92 Å². The van der Waals surface area contributed by atoms with Crippen LogP contribution in [-0.4, -0.2) is 28.3 Å². The van der Waals surface area contributed by atoms with Gasteiger partial charge in [0.1, 0.15) is 6.26 Å². The van der Waals surface area contributed by atoms with Crippen LogP contribution in [0, 0.1) is 0 Å². The summed E-state index contributed by atoms with van der Waals surface area (Å²) < 4.78 is 5.01. The Labute approximate surface area is 134 Å². The topological polar surface area (TPSA) is 54.7 Å². The van der Waals surface area contributed by atoms with Gasteiger partial charge < -0.3 is 22.0 Å². The number of oxazole rings is 1. The third-order valence-corrected chi connectivity index (χ3v) is 3.35. The average Bonchev–Trinajstić information content (AvgIpc) is 2.96. The van der Waals surface area contributed by atoms with Gasteiger partial charge in [0.25, 0.3) is 0 Å². The third-order valence-electron chi connectivity index (χ3n) is 2.17. The number of hydrogen-bond acceptors (Lipinski definition) is 4. The molecular formula is C12H13AuN3OPS. The van der Waals surface area contributed by atoms with Crippen molar-refractivity contribution in [1.29, 1.82) is 0 Å². The zero-order valence-electron chi connectivity index (χ0n) is 10.4. The summed E-state index contributed by atoms with van der Waals surface area (Å²) in [5.41, 5.74) is 2.82. The Kier molecular flexibility index (Phi) is 6.69. The molecule has 2 aromatic heterocycles. The number of imidazole rings is 1. The van der Waals surface area contributed by atoms with Gasteiger partial charge in [0.05, 0.1) is 17.2 Å². The summed E-state index contributed by atoms with van der Waals surface area (Å²) in [4.78, 5) is 11.0. The number of rotatable bonds is 1. The SMILES string of the molecule is CP(C)c1ncco1.[Au+].[S-]c1nc2ccccc2[nH]1. The Bertz CT molecular complexity index is 579. The van der Waals surface area contributed by atoms with Gasteiger partial charge >= 0.3 is 22.4 Å². The summed E-state index contributed by atoms with van der Waals surface area (Å²) in [7, 11) is -0.136. The van der Waals surface area contributed by atoms with E-state index in [1.54, 1.807) is 12.5 Å². The Morgan fingerprint density at radius 2 is 2.00 bits per heavy atom. The van der Waals surface area contributed by atoms with E-state index in [2.05, 4.69) is 28.3 Å². The van der Waals surface area contributed by atoms with Crippen LogP contribution in [0.2, 0.25) is 0 Å².